The quantitative estimate of drug-likeness (QED) is 0.827. The Labute approximate surface area is 160 Å². The zero-order chi connectivity index (χ0) is 18.8. The van der Waals surface area contributed by atoms with Gasteiger partial charge in [0.1, 0.15) is 11.4 Å². The summed E-state index contributed by atoms with van der Waals surface area (Å²) in [5.41, 5.74) is 2.90. The van der Waals surface area contributed by atoms with Gasteiger partial charge in [0.05, 0.1) is 13.2 Å². The van der Waals surface area contributed by atoms with Crippen molar-refractivity contribution in [3.63, 3.8) is 0 Å². The molecule has 1 aromatic carbocycles. The van der Waals surface area contributed by atoms with E-state index >= 15 is 0 Å². The minimum atomic E-state index is -0.186. The highest BCUT2D eigenvalue weighted by atomic mass is 16.5. The van der Waals surface area contributed by atoms with E-state index in [1.54, 1.807) is 0 Å². The largest absolute Gasteiger partial charge is 0.378 e. The predicted molar refractivity (Wildman–Crippen MR) is 103 cm³/mol. The molecule has 0 radical (unpaired) electrons. The first-order chi connectivity index (χ1) is 13.1. The van der Waals surface area contributed by atoms with Gasteiger partial charge in [-0.1, -0.05) is 37.0 Å². The molecular formula is C21H27N3O3. The summed E-state index contributed by atoms with van der Waals surface area (Å²) < 4.78 is 5.44. The van der Waals surface area contributed by atoms with Crippen LogP contribution in [-0.4, -0.2) is 54.0 Å². The Hall–Kier alpha value is -2.34. The van der Waals surface area contributed by atoms with Gasteiger partial charge in [0.2, 0.25) is 0 Å². The zero-order valence-corrected chi connectivity index (χ0v) is 15.9. The van der Waals surface area contributed by atoms with Crippen molar-refractivity contribution in [2.75, 3.05) is 31.6 Å². The molecule has 1 aromatic rings. The number of aryl methyl sites for hydroxylation is 1. The number of nitrogens with zero attached hydrogens (tertiary/aromatic N) is 2. The molecule has 6 heteroatoms. The second-order valence-electron chi connectivity index (χ2n) is 7.59. The Bertz CT molecular complexity index is 744. The highest BCUT2D eigenvalue weighted by Gasteiger charge is 2.44. The Balaban J connectivity index is 1.66. The van der Waals surface area contributed by atoms with E-state index in [1.807, 2.05) is 36.1 Å². The number of rotatable bonds is 4. The van der Waals surface area contributed by atoms with Crippen molar-refractivity contribution in [2.45, 2.75) is 45.1 Å². The lowest BCUT2D eigenvalue weighted by atomic mass is 9.94. The summed E-state index contributed by atoms with van der Waals surface area (Å²) in [5, 5.41) is 3.25. The van der Waals surface area contributed by atoms with Gasteiger partial charge in [-0.05, 0) is 31.9 Å². The molecule has 0 aromatic heterocycles. The van der Waals surface area contributed by atoms with Crippen molar-refractivity contribution in [1.82, 2.24) is 9.80 Å². The van der Waals surface area contributed by atoms with Gasteiger partial charge in [-0.15, -0.1) is 0 Å². The SMILES string of the molecule is Cc1ccc(NC2=C(N3CCOCC3)C(=O)N(C3CCCCC3)C2=O)cc1. The molecular weight excluding hydrogens is 342 g/mol. The van der Waals surface area contributed by atoms with Crippen molar-refractivity contribution in [1.29, 1.82) is 0 Å². The number of imide groups is 1. The van der Waals surface area contributed by atoms with Crippen LogP contribution >= 0.6 is 0 Å². The van der Waals surface area contributed by atoms with Crippen LogP contribution in [0.15, 0.2) is 35.7 Å². The number of benzene rings is 1. The van der Waals surface area contributed by atoms with Crippen LogP contribution < -0.4 is 5.32 Å². The molecule has 2 fully saturated rings. The van der Waals surface area contributed by atoms with Crippen molar-refractivity contribution in [3.05, 3.63) is 41.2 Å². The maximum Gasteiger partial charge on any atom is 0.279 e. The van der Waals surface area contributed by atoms with Crippen molar-refractivity contribution in [3.8, 4) is 0 Å². The van der Waals surface area contributed by atoms with Crippen LogP contribution in [0.5, 0.6) is 0 Å². The van der Waals surface area contributed by atoms with Crippen molar-refractivity contribution < 1.29 is 14.3 Å². The maximum absolute atomic E-state index is 13.3. The van der Waals surface area contributed by atoms with Crippen LogP contribution in [0.25, 0.3) is 0 Å². The molecule has 1 N–H and O–H groups in total. The summed E-state index contributed by atoms with van der Waals surface area (Å²) in [6, 6.07) is 7.90. The average molecular weight is 369 g/mol. The summed E-state index contributed by atoms with van der Waals surface area (Å²) in [6.45, 7) is 4.44. The number of anilines is 1. The van der Waals surface area contributed by atoms with Crippen LogP contribution in [0.2, 0.25) is 0 Å². The fourth-order valence-electron chi connectivity index (χ4n) is 4.18. The van der Waals surface area contributed by atoms with Gasteiger partial charge in [0, 0.05) is 24.8 Å². The third-order valence-electron chi connectivity index (χ3n) is 5.68. The summed E-state index contributed by atoms with van der Waals surface area (Å²) in [5.74, 6) is -0.336. The van der Waals surface area contributed by atoms with E-state index in [0.717, 1.165) is 36.9 Å². The lowest BCUT2D eigenvalue weighted by Crippen LogP contribution is -2.45. The molecule has 27 heavy (non-hydrogen) atoms. The average Bonchev–Trinajstić information content (AvgIpc) is 2.95. The molecule has 2 amide bonds. The Morgan fingerprint density at radius 3 is 2.30 bits per heavy atom. The number of hydrogen-bond acceptors (Lipinski definition) is 5. The van der Waals surface area contributed by atoms with Crippen LogP contribution in [0, 0.1) is 6.92 Å². The minimum Gasteiger partial charge on any atom is -0.378 e. The minimum absolute atomic E-state index is 0.0205. The lowest BCUT2D eigenvalue weighted by Gasteiger charge is -2.32. The molecule has 144 valence electrons. The topological polar surface area (TPSA) is 61.9 Å². The first-order valence-electron chi connectivity index (χ1n) is 9.93. The van der Waals surface area contributed by atoms with Crippen LogP contribution in [0.1, 0.15) is 37.7 Å². The molecule has 6 nitrogen and oxygen atoms in total. The Kier molecular flexibility index (Phi) is 5.16. The number of amides is 2. The number of morpholine rings is 1. The van der Waals surface area contributed by atoms with Gasteiger partial charge >= 0.3 is 0 Å². The third-order valence-corrected chi connectivity index (χ3v) is 5.68. The summed E-state index contributed by atoms with van der Waals surface area (Å²) >= 11 is 0. The van der Waals surface area contributed by atoms with E-state index < -0.39 is 0 Å². The van der Waals surface area contributed by atoms with E-state index in [0.29, 0.717) is 37.7 Å². The summed E-state index contributed by atoms with van der Waals surface area (Å²) in [4.78, 5) is 30.1. The fraction of sp³-hybridized carbons (Fsp3) is 0.524. The molecule has 1 saturated carbocycles. The van der Waals surface area contributed by atoms with Crippen molar-refractivity contribution in [2.24, 2.45) is 0 Å². The Morgan fingerprint density at radius 1 is 0.963 bits per heavy atom. The second kappa shape index (κ2) is 7.72. The summed E-state index contributed by atoms with van der Waals surface area (Å²) in [6.07, 6.45) is 5.16. The maximum atomic E-state index is 13.3. The van der Waals surface area contributed by atoms with E-state index in [9.17, 15) is 9.59 Å². The van der Waals surface area contributed by atoms with Crippen LogP contribution in [-0.2, 0) is 14.3 Å². The molecule has 3 aliphatic rings. The van der Waals surface area contributed by atoms with Crippen LogP contribution in [0.4, 0.5) is 5.69 Å². The van der Waals surface area contributed by atoms with Gasteiger partial charge in [-0.2, -0.15) is 0 Å². The van der Waals surface area contributed by atoms with Gasteiger partial charge < -0.3 is 15.0 Å². The molecule has 0 spiro atoms. The fourth-order valence-corrected chi connectivity index (χ4v) is 4.18. The van der Waals surface area contributed by atoms with Gasteiger partial charge in [0.25, 0.3) is 11.8 Å². The lowest BCUT2D eigenvalue weighted by molar-refractivity contribution is -0.141. The van der Waals surface area contributed by atoms with Crippen molar-refractivity contribution >= 4 is 17.5 Å². The molecule has 0 unspecified atom stereocenters. The first-order valence-corrected chi connectivity index (χ1v) is 9.93. The zero-order valence-electron chi connectivity index (χ0n) is 15.9. The highest BCUT2D eigenvalue weighted by molar-refractivity contribution is 6.20. The molecule has 1 saturated heterocycles. The number of nitrogens with one attached hydrogen (secondary N) is 1. The number of carbonyl (C=O) groups is 2. The smallest absolute Gasteiger partial charge is 0.279 e. The number of ether oxygens (including phenoxy) is 1. The standard InChI is InChI=1S/C21H27N3O3/c1-15-7-9-16(10-8-15)22-18-19(23-11-13-27-14-12-23)21(26)24(20(18)25)17-5-3-2-4-6-17/h7-10,17,22H,2-6,11-14H2,1H3. The van der Waals surface area contributed by atoms with Gasteiger partial charge in [0.15, 0.2) is 0 Å². The van der Waals surface area contributed by atoms with E-state index in [2.05, 4.69) is 5.32 Å². The molecule has 0 bridgehead atoms. The summed E-state index contributed by atoms with van der Waals surface area (Å²) in [7, 11) is 0. The monoisotopic (exact) mass is 369 g/mol. The molecule has 2 aliphatic heterocycles. The molecule has 0 atom stereocenters. The van der Waals surface area contributed by atoms with E-state index in [4.69, 9.17) is 4.74 Å². The van der Waals surface area contributed by atoms with Crippen LogP contribution in [0.3, 0.4) is 0 Å². The van der Waals surface area contributed by atoms with Gasteiger partial charge in [-0.3, -0.25) is 14.5 Å². The number of carbonyl (C=O) groups excluding carboxylic acids is 2. The third kappa shape index (κ3) is 3.58. The van der Waals surface area contributed by atoms with E-state index in [-0.39, 0.29) is 17.9 Å². The van der Waals surface area contributed by atoms with Gasteiger partial charge in [-0.25, -0.2) is 0 Å². The molecule has 2 heterocycles. The molecule has 4 rings (SSSR count). The normalized spacial score (nSPS) is 22.0. The van der Waals surface area contributed by atoms with E-state index in [1.165, 1.54) is 11.3 Å². The first kappa shape index (κ1) is 18.0. The predicted octanol–water partition coefficient (Wildman–Crippen LogP) is 2.65. The second-order valence-corrected chi connectivity index (χ2v) is 7.59. The Morgan fingerprint density at radius 2 is 1.63 bits per heavy atom. The number of hydrogen-bond donors (Lipinski definition) is 1. The molecule has 1 aliphatic carbocycles. The highest BCUT2D eigenvalue weighted by Crippen LogP contribution is 2.32.